The Morgan fingerprint density at radius 2 is 1.89 bits per heavy atom. The first-order chi connectivity index (χ1) is 8.36. The Kier molecular flexibility index (Phi) is 4.80. The van der Waals surface area contributed by atoms with E-state index in [1.165, 1.54) is 24.3 Å². The van der Waals surface area contributed by atoms with Crippen LogP contribution in [0.4, 0.5) is 5.69 Å². The van der Waals surface area contributed by atoms with Crippen molar-refractivity contribution in [3.05, 3.63) is 34.4 Å². The van der Waals surface area contributed by atoms with Gasteiger partial charge in [0.05, 0.1) is 9.82 Å². The summed E-state index contributed by atoms with van der Waals surface area (Å²) in [5.41, 5.74) is -0.129. The average Bonchev–Trinajstić information content (AvgIpc) is 2.28. The highest BCUT2D eigenvalue weighted by molar-refractivity contribution is 7.89. The molecule has 1 unspecified atom stereocenters. The molecular weight excluding hydrogens is 256 g/mol. The normalized spacial score (nSPS) is 13.2. The highest BCUT2D eigenvalue weighted by Gasteiger charge is 2.17. The van der Waals surface area contributed by atoms with Gasteiger partial charge in [-0.2, -0.15) is 0 Å². The number of hydrogen-bond donors (Lipinski definition) is 1. The lowest BCUT2D eigenvalue weighted by molar-refractivity contribution is -0.384. The van der Waals surface area contributed by atoms with Crippen LogP contribution in [0, 0.1) is 10.1 Å². The molecule has 0 radical (unpaired) electrons. The second-order valence-electron chi connectivity index (χ2n) is 4.06. The maximum atomic E-state index is 11.9. The van der Waals surface area contributed by atoms with Crippen molar-refractivity contribution in [3.63, 3.8) is 0 Å². The fourth-order valence-corrected chi connectivity index (χ4v) is 2.85. The second-order valence-corrected chi connectivity index (χ2v) is 5.78. The third kappa shape index (κ3) is 3.78. The molecule has 18 heavy (non-hydrogen) atoms. The topological polar surface area (TPSA) is 89.3 Å². The summed E-state index contributed by atoms with van der Waals surface area (Å²) in [5, 5.41) is 10.5. The molecule has 0 aliphatic heterocycles. The maximum Gasteiger partial charge on any atom is 0.269 e. The lowest BCUT2D eigenvalue weighted by Gasteiger charge is -2.12. The van der Waals surface area contributed by atoms with Crippen molar-refractivity contribution in [1.29, 1.82) is 0 Å². The minimum absolute atomic E-state index is 0.0380. The van der Waals surface area contributed by atoms with Gasteiger partial charge in [0, 0.05) is 18.2 Å². The van der Waals surface area contributed by atoms with Crippen molar-refractivity contribution in [2.75, 3.05) is 0 Å². The summed E-state index contributed by atoms with van der Waals surface area (Å²) < 4.78 is 26.4. The van der Waals surface area contributed by atoms with Crippen molar-refractivity contribution in [1.82, 2.24) is 4.72 Å². The SMILES string of the molecule is CCCC(C)NS(=O)(=O)c1ccc([N+](=O)[O-])cc1. The predicted molar refractivity (Wildman–Crippen MR) is 67.8 cm³/mol. The van der Waals surface area contributed by atoms with Crippen LogP contribution >= 0.6 is 0 Å². The summed E-state index contributed by atoms with van der Waals surface area (Å²) in [7, 11) is -3.60. The Bertz CT molecular complexity index is 510. The van der Waals surface area contributed by atoms with Gasteiger partial charge in [-0.15, -0.1) is 0 Å². The van der Waals surface area contributed by atoms with Gasteiger partial charge in [-0.25, -0.2) is 13.1 Å². The van der Waals surface area contributed by atoms with Gasteiger partial charge in [-0.1, -0.05) is 13.3 Å². The first kappa shape index (κ1) is 14.6. The van der Waals surface area contributed by atoms with Crippen LogP contribution in [0.3, 0.4) is 0 Å². The van der Waals surface area contributed by atoms with Crippen LogP contribution < -0.4 is 4.72 Å². The number of rotatable bonds is 6. The summed E-state index contributed by atoms with van der Waals surface area (Å²) in [6.07, 6.45) is 1.62. The zero-order valence-corrected chi connectivity index (χ0v) is 11.1. The number of nitrogens with one attached hydrogen (secondary N) is 1. The van der Waals surface area contributed by atoms with E-state index in [0.29, 0.717) is 0 Å². The van der Waals surface area contributed by atoms with E-state index in [1.54, 1.807) is 6.92 Å². The van der Waals surface area contributed by atoms with Crippen molar-refractivity contribution in [2.45, 2.75) is 37.6 Å². The molecule has 0 bridgehead atoms. The molecule has 6 nitrogen and oxygen atoms in total. The van der Waals surface area contributed by atoms with Crippen LogP contribution in [0.15, 0.2) is 29.2 Å². The van der Waals surface area contributed by atoms with E-state index in [-0.39, 0.29) is 16.6 Å². The van der Waals surface area contributed by atoms with Gasteiger partial charge in [-0.3, -0.25) is 10.1 Å². The Hall–Kier alpha value is -1.47. The Labute approximate surface area is 106 Å². The fourth-order valence-electron chi connectivity index (χ4n) is 1.57. The van der Waals surface area contributed by atoms with Crippen LogP contribution in [-0.4, -0.2) is 19.4 Å². The van der Waals surface area contributed by atoms with Gasteiger partial charge in [0.2, 0.25) is 10.0 Å². The Morgan fingerprint density at radius 1 is 1.33 bits per heavy atom. The van der Waals surface area contributed by atoms with Crippen LogP contribution in [-0.2, 0) is 10.0 Å². The van der Waals surface area contributed by atoms with Crippen LogP contribution in [0.2, 0.25) is 0 Å². The number of nitrogens with zero attached hydrogens (tertiary/aromatic N) is 1. The van der Waals surface area contributed by atoms with Gasteiger partial charge in [0.1, 0.15) is 0 Å². The molecule has 1 rings (SSSR count). The quantitative estimate of drug-likeness (QED) is 0.634. The number of nitro benzene ring substituents is 1. The van der Waals surface area contributed by atoms with Gasteiger partial charge in [0.25, 0.3) is 5.69 Å². The molecule has 100 valence electrons. The maximum absolute atomic E-state index is 11.9. The van der Waals surface area contributed by atoms with E-state index < -0.39 is 14.9 Å². The molecular formula is C11H16N2O4S. The van der Waals surface area contributed by atoms with E-state index in [1.807, 2.05) is 6.92 Å². The third-order valence-electron chi connectivity index (χ3n) is 2.44. The second kappa shape index (κ2) is 5.92. The molecule has 0 saturated carbocycles. The molecule has 1 aromatic rings. The van der Waals surface area contributed by atoms with E-state index in [0.717, 1.165) is 12.8 Å². The molecule has 0 saturated heterocycles. The fraction of sp³-hybridized carbons (Fsp3) is 0.455. The first-order valence-electron chi connectivity index (χ1n) is 5.63. The summed E-state index contributed by atoms with van der Waals surface area (Å²) in [6, 6.07) is 4.67. The van der Waals surface area contributed by atoms with Gasteiger partial charge < -0.3 is 0 Å². The third-order valence-corrected chi connectivity index (χ3v) is 4.04. The summed E-state index contributed by atoms with van der Waals surface area (Å²) in [5.74, 6) is 0. The highest BCUT2D eigenvalue weighted by atomic mass is 32.2. The summed E-state index contributed by atoms with van der Waals surface area (Å²) in [4.78, 5) is 9.94. The van der Waals surface area contributed by atoms with Gasteiger partial charge >= 0.3 is 0 Å². The molecule has 1 aromatic carbocycles. The average molecular weight is 272 g/mol. The molecule has 0 amide bonds. The number of sulfonamides is 1. The number of non-ortho nitro benzene ring substituents is 1. The van der Waals surface area contributed by atoms with Crippen molar-refractivity contribution < 1.29 is 13.3 Å². The minimum Gasteiger partial charge on any atom is -0.258 e. The largest absolute Gasteiger partial charge is 0.269 e. The van der Waals surface area contributed by atoms with Gasteiger partial charge in [-0.05, 0) is 25.5 Å². The predicted octanol–water partition coefficient (Wildman–Crippen LogP) is 2.06. The molecule has 1 atom stereocenters. The molecule has 1 N–H and O–H groups in total. The summed E-state index contributed by atoms with van der Waals surface area (Å²) >= 11 is 0. The Morgan fingerprint density at radius 3 is 2.33 bits per heavy atom. The van der Waals surface area contributed by atoms with E-state index in [2.05, 4.69) is 4.72 Å². The number of nitro groups is 1. The van der Waals surface area contributed by atoms with E-state index >= 15 is 0 Å². The van der Waals surface area contributed by atoms with Crippen LogP contribution in [0.1, 0.15) is 26.7 Å². The lowest BCUT2D eigenvalue weighted by Crippen LogP contribution is -2.32. The van der Waals surface area contributed by atoms with Crippen LogP contribution in [0.5, 0.6) is 0 Å². The van der Waals surface area contributed by atoms with Crippen LogP contribution in [0.25, 0.3) is 0 Å². The zero-order chi connectivity index (χ0) is 13.8. The molecule has 0 spiro atoms. The van der Waals surface area contributed by atoms with Gasteiger partial charge in [0.15, 0.2) is 0 Å². The zero-order valence-electron chi connectivity index (χ0n) is 10.3. The smallest absolute Gasteiger partial charge is 0.258 e. The van der Waals surface area contributed by atoms with Crippen molar-refractivity contribution >= 4 is 15.7 Å². The van der Waals surface area contributed by atoms with Crippen molar-refractivity contribution in [3.8, 4) is 0 Å². The molecule has 0 fully saturated rings. The summed E-state index contributed by atoms with van der Waals surface area (Å²) in [6.45, 7) is 3.75. The standard InChI is InChI=1S/C11H16N2O4S/c1-3-4-9(2)12-18(16,17)11-7-5-10(6-8-11)13(14)15/h5-9,12H,3-4H2,1-2H3. The molecule has 0 heterocycles. The molecule has 0 aromatic heterocycles. The monoisotopic (exact) mass is 272 g/mol. The Balaban J connectivity index is 2.88. The van der Waals surface area contributed by atoms with E-state index in [9.17, 15) is 18.5 Å². The first-order valence-corrected chi connectivity index (χ1v) is 7.12. The highest BCUT2D eigenvalue weighted by Crippen LogP contribution is 2.16. The minimum atomic E-state index is -3.60. The van der Waals surface area contributed by atoms with E-state index in [4.69, 9.17) is 0 Å². The molecule has 7 heteroatoms. The van der Waals surface area contributed by atoms with Crippen molar-refractivity contribution in [2.24, 2.45) is 0 Å². The number of hydrogen-bond acceptors (Lipinski definition) is 4. The molecule has 0 aliphatic rings. The lowest BCUT2D eigenvalue weighted by atomic mass is 10.2. The molecule has 0 aliphatic carbocycles. The number of benzene rings is 1.